The van der Waals surface area contributed by atoms with Gasteiger partial charge in [0, 0.05) is 4.47 Å². The van der Waals surface area contributed by atoms with E-state index < -0.39 is 44.8 Å². The number of hydrogen-bond acceptors (Lipinski definition) is 3. The van der Waals surface area contributed by atoms with E-state index in [4.69, 9.17) is 17.3 Å². The van der Waals surface area contributed by atoms with Gasteiger partial charge in [-0.15, -0.1) is 0 Å². The number of halogens is 5. The minimum absolute atomic E-state index is 0.166. The lowest BCUT2D eigenvalue weighted by Gasteiger charge is -2.16. The molecule has 0 saturated heterocycles. The Balaban J connectivity index is 3.09. The lowest BCUT2D eigenvalue weighted by molar-refractivity contribution is 0.0170. The quantitative estimate of drug-likeness (QED) is 0.820. The molecule has 4 nitrogen and oxygen atoms in total. The first-order chi connectivity index (χ1) is 8.59. The van der Waals surface area contributed by atoms with E-state index in [1.807, 2.05) is 0 Å². The highest BCUT2D eigenvalue weighted by atomic mass is 79.9. The summed E-state index contributed by atoms with van der Waals surface area (Å²) in [5, 5.41) is -0.421. The number of sulfonamides is 1. The van der Waals surface area contributed by atoms with Crippen LogP contribution in [0.25, 0.3) is 0 Å². The molecule has 0 aliphatic carbocycles. The smallest absolute Gasteiger partial charge is 0.273 e. The molecule has 0 saturated carbocycles. The van der Waals surface area contributed by atoms with Crippen LogP contribution in [0.15, 0.2) is 21.5 Å². The minimum atomic E-state index is -4.31. The highest BCUT2D eigenvalue weighted by molar-refractivity contribution is 9.10. The zero-order valence-corrected chi connectivity index (χ0v) is 12.4. The van der Waals surface area contributed by atoms with Gasteiger partial charge in [-0.1, -0.05) is 11.6 Å². The zero-order valence-electron chi connectivity index (χ0n) is 9.26. The Morgan fingerprint density at radius 3 is 2.47 bits per heavy atom. The Morgan fingerprint density at radius 1 is 1.42 bits per heavy atom. The molecule has 108 valence electrons. The van der Waals surface area contributed by atoms with Gasteiger partial charge < -0.3 is 5.73 Å². The van der Waals surface area contributed by atoms with E-state index in [0.29, 0.717) is 0 Å². The fourth-order valence-corrected chi connectivity index (χ4v) is 4.00. The summed E-state index contributed by atoms with van der Waals surface area (Å²) in [5.41, 5.74) is 4.78. The molecule has 0 aliphatic heterocycles. The zero-order chi connectivity index (χ0) is 14.8. The molecule has 3 N–H and O–H groups in total. The van der Waals surface area contributed by atoms with Gasteiger partial charge in [-0.25, -0.2) is 26.3 Å². The summed E-state index contributed by atoms with van der Waals surface area (Å²) in [6, 6.07) is 1.63. The number of benzene rings is 1. The molecule has 0 heterocycles. The van der Waals surface area contributed by atoms with E-state index >= 15 is 0 Å². The van der Waals surface area contributed by atoms with Gasteiger partial charge in [0.15, 0.2) is 0 Å². The molecule has 0 atom stereocenters. The molecule has 0 aliphatic rings. The fraction of sp³-hybridized carbons (Fsp3) is 0.333. The molecule has 0 fully saturated rings. The third-order valence-corrected chi connectivity index (χ3v) is 4.85. The van der Waals surface area contributed by atoms with Crippen molar-refractivity contribution in [3.8, 4) is 0 Å². The van der Waals surface area contributed by atoms with Crippen LogP contribution in [0.2, 0.25) is 5.02 Å². The molecule has 0 bridgehead atoms. The van der Waals surface area contributed by atoms with Gasteiger partial charge in [0.05, 0.1) is 18.1 Å². The standard InChI is InChI=1S/C9H9BrClF3N2O2S/c10-6-1-5(12)2-7(11)8(6)19(17,18)16-4-9(13,14)3-15/h1-2,16H,3-4,15H2. The van der Waals surface area contributed by atoms with Crippen molar-refractivity contribution in [2.75, 3.05) is 13.1 Å². The molecule has 0 unspecified atom stereocenters. The van der Waals surface area contributed by atoms with Crippen LogP contribution in [-0.4, -0.2) is 27.4 Å². The minimum Gasteiger partial charge on any atom is -0.325 e. The molecule has 0 radical (unpaired) electrons. The molecule has 1 aromatic carbocycles. The van der Waals surface area contributed by atoms with E-state index in [0.717, 1.165) is 12.1 Å². The molecular weight excluding hydrogens is 373 g/mol. The van der Waals surface area contributed by atoms with Crippen molar-refractivity contribution in [1.29, 1.82) is 0 Å². The van der Waals surface area contributed by atoms with Crippen LogP contribution >= 0.6 is 27.5 Å². The van der Waals surface area contributed by atoms with Gasteiger partial charge in [-0.05, 0) is 28.1 Å². The number of nitrogens with one attached hydrogen (secondary N) is 1. The molecular formula is C9H9BrClF3N2O2S. The van der Waals surface area contributed by atoms with E-state index in [1.165, 1.54) is 0 Å². The van der Waals surface area contributed by atoms with Crippen molar-refractivity contribution in [2.45, 2.75) is 10.8 Å². The Kier molecular flexibility index (Phi) is 5.24. The van der Waals surface area contributed by atoms with Crippen molar-refractivity contribution in [3.05, 3.63) is 27.4 Å². The molecule has 0 aromatic heterocycles. The molecule has 19 heavy (non-hydrogen) atoms. The van der Waals surface area contributed by atoms with Crippen LogP contribution in [0, 0.1) is 5.82 Å². The van der Waals surface area contributed by atoms with Crippen molar-refractivity contribution in [2.24, 2.45) is 5.73 Å². The van der Waals surface area contributed by atoms with E-state index in [9.17, 15) is 21.6 Å². The second-order valence-corrected chi connectivity index (χ2v) is 6.55. The molecule has 1 rings (SSSR count). The summed E-state index contributed by atoms with van der Waals surface area (Å²) >= 11 is 8.42. The van der Waals surface area contributed by atoms with E-state index in [2.05, 4.69) is 15.9 Å². The maximum absolute atomic E-state index is 13.0. The van der Waals surface area contributed by atoms with Crippen LogP contribution < -0.4 is 10.5 Å². The summed E-state index contributed by atoms with van der Waals surface area (Å²) in [6.45, 7) is -2.18. The highest BCUT2D eigenvalue weighted by Gasteiger charge is 2.31. The van der Waals surface area contributed by atoms with Gasteiger partial charge in [0.2, 0.25) is 10.0 Å². The van der Waals surface area contributed by atoms with Gasteiger partial charge >= 0.3 is 0 Å². The van der Waals surface area contributed by atoms with E-state index in [1.54, 1.807) is 4.72 Å². The van der Waals surface area contributed by atoms with Crippen molar-refractivity contribution >= 4 is 37.6 Å². The van der Waals surface area contributed by atoms with Crippen LogP contribution in [0.4, 0.5) is 13.2 Å². The second kappa shape index (κ2) is 5.96. The number of rotatable bonds is 5. The maximum atomic E-state index is 13.0. The number of alkyl halides is 2. The highest BCUT2D eigenvalue weighted by Crippen LogP contribution is 2.30. The Bertz CT molecular complexity index is 560. The summed E-state index contributed by atoms with van der Waals surface area (Å²) in [4.78, 5) is -0.511. The van der Waals surface area contributed by atoms with Crippen LogP contribution in [0.5, 0.6) is 0 Å². The van der Waals surface area contributed by atoms with Gasteiger partial charge in [-0.2, -0.15) is 0 Å². The lowest BCUT2D eigenvalue weighted by atomic mass is 10.3. The Morgan fingerprint density at radius 2 is 2.00 bits per heavy atom. The number of nitrogens with two attached hydrogens (primary N) is 1. The second-order valence-electron chi connectivity index (χ2n) is 3.58. The Hall–Kier alpha value is -0.350. The predicted octanol–water partition coefficient (Wildman–Crippen LogP) is 2.11. The van der Waals surface area contributed by atoms with E-state index in [-0.39, 0.29) is 4.47 Å². The van der Waals surface area contributed by atoms with Crippen molar-refractivity contribution in [1.82, 2.24) is 4.72 Å². The fourth-order valence-electron chi connectivity index (χ4n) is 1.13. The van der Waals surface area contributed by atoms with Crippen LogP contribution in [-0.2, 0) is 10.0 Å². The van der Waals surface area contributed by atoms with Crippen LogP contribution in [0.1, 0.15) is 0 Å². The average molecular weight is 382 g/mol. The van der Waals surface area contributed by atoms with Gasteiger partial charge in [-0.3, -0.25) is 0 Å². The lowest BCUT2D eigenvalue weighted by Crippen LogP contribution is -2.41. The molecule has 10 heteroatoms. The van der Waals surface area contributed by atoms with Gasteiger partial charge in [0.25, 0.3) is 5.92 Å². The first-order valence-electron chi connectivity index (χ1n) is 4.81. The normalized spacial score (nSPS) is 12.7. The van der Waals surface area contributed by atoms with Gasteiger partial charge in [0.1, 0.15) is 10.7 Å². The third kappa shape index (κ3) is 4.32. The SMILES string of the molecule is NCC(F)(F)CNS(=O)(=O)c1c(Cl)cc(F)cc1Br. The van der Waals surface area contributed by atoms with Crippen LogP contribution in [0.3, 0.4) is 0 Å². The monoisotopic (exact) mass is 380 g/mol. The van der Waals surface area contributed by atoms with Crippen molar-refractivity contribution < 1.29 is 21.6 Å². The van der Waals surface area contributed by atoms with Crippen molar-refractivity contribution in [3.63, 3.8) is 0 Å². The summed E-state index contributed by atoms with van der Waals surface area (Å²) in [5.74, 6) is -4.14. The third-order valence-electron chi connectivity index (χ3n) is 2.05. The topological polar surface area (TPSA) is 72.2 Å². The summed E-state index contributed by atoms with van der Waals surface area (Å²) in [7, 11) is -4.31. The maximum Gasteiger partial charge on any atom is 0.273 e. The first-order valence-corrected chi connectivity index (χ1v) is 7.46. The number of hydrogen-bond donors (Lipinski definition) is 2. The first kappa shape index (κ1) is 16.7. The largest absolute Gasteiger partial charge is 0.325 e. The summed E-state index contributed by atoms with van der Waals surface area (Å²) < 4.78 is 63.9. The Labute approximate surface area is 121 Å². The summed E-state index contributed by atoms with van der Waals surface area (Å²) in [6.07, 6.45) is 0. The predicted molar refractivity (Wildman–Crippen MR) is 68.3 cm³/mol. The molecule has 0 spiro atoms. The average Bonchev–Trinajstić information content (AvgIpc) is 2.25. The molecule has 0 amide bonds. The molecule has 1 aromatic rings.